The van der Waals surface area contributed by atoms with E-state index in [4.69, 9.17) is 9.47 Å². The van der Waals surface area contributed by atoms with Crippen molar-refractivity contribution in [1.82, 2.24) is 0 Å². The van der Waals surface area contributed by atoms with Gasteiger partial charge in [-0.3, -0.25) is 0 Å². The molecule has 2 bridgehead atoms. The smallest absolute Gasteiger partial charge is 0.0897 e. The highest BCUT2D eigenvalue weighted by Gasteiger charge is 2.63. The molecule has 3 aliphatic rings. The predicted molar refractivity (Wildman–Crippen MR) is 70.1 cm³/mol. The molecule has 2 aliphatic carbocycles. The lowest BCUT2D eigenvalue weighted by Gasteiger charge is -2.18. The second-order valence-electron chi connectivity index (χ2n) is 5.65. The number of rotatable bonds is 4. The van der Waals surface area contributed by atoms with Gasteiger partial charge in [0, 0.05) is 5.92 Å². The van der Waals surface area contributed by atoms with Gasteiger partial charge in [-0.25, -0.2) is 0 Å². The maximum atomic E-state index is 5.99. The molecule has 0 aromatic heterocycles. The van der Waals surface area contributed by atoms with Gasteiger partial charge in [0.2, 0.25) is 0 Å². The quantitative estimate of drug-likeness (QED) is 0.757. The molecule has 1 aliphatic heterocycles. The summed E-state index contributed by atoms with van der Waals surface area (Å²) >= 11 is 0. The van der Waals surface area contributed by atoms with Crippen LogP contribution in [-0.4, -0.2) is 24.9 Å². The van der Waals surface area contributed by atoms with Gasteiger partial charge in [-0.05, 0) is 24.3 Å². The fourth-order valence-corrected chi connectivity index (χ4v) is 3.66. The maximum Gasteiger partial charge on any atom is 0.0897 e. The Labute approximate surface area is 108 Å². The largest absolute Gasteiger partial charge is 0.374 e. The van der Waals surface area contributed by atoms with Crippen LogP contribution in [0.5, 0.6) is 0 Å². The molecule has 2 saturated carbocycles. The minimum Gasteiger partial charge on any atom is -0.374 e. The molecule has 2 nitrogen and oxygen atoms in total. The van der Waals surface area contributed by atoms with E-state index in [0.29, 0.717) is 24.2 Å². The van der Waals surface area contributed by atoms with E-state index < -0.39 is 0 Å². The van der Waals surface area contributed by atoms with Crippen molar-refractivity contribution in [2.24, 2.45) is 11.8 Å². The molecule has 5 unspecified atom stereocenters. The highest BCUT2D eigenvalue weighted by molar-refractivity contribution is 5.48. The number of epoxide rings is 1. The Morgan fingerprint density at radius 3 is 2.83 bits per heavy atom. The van der Waals surface area contributed by atoms with Crippen LogP contribution in [0, 0.1) is 11.8 Å². The Kier molecular flexibility index (Phi) is 2.52. The molecule has 2 heteroatoms. The van der Waals surface area contributed by atoms with Gasteiger partial charge in [0.05, 0.1) is 24.9 Å². The van der Waals surface area contributed by atoms with E-state index in [1.54, 1.807) is 0 Å². The van der Waals surface area contributed by atoms with E-state index in [1.165, 1.54) is 18.4 Å². The van der Waals surface area contributed by atoms with Crippen LogP contribution in [-0.2, 0) is 9.47 Å². The molecular formula is C16H18O2. The molecule has 4 rings (SSSR count). The van der Waals surface area contributed by atoms with Crippen LogP contribution >= 0.6 is 0 Å². The summed E-state index contributed by atoms with van der Waals surface area (Å²) in [6.07, 6.45) is 8.39. The van der Waals surface area contributed by atoms with Crippen LogP contribution in [0.4, 0.5) is 0 Å². The molecule has 94 valence electrons. The summed E-state index contributed by atoms with van der Waals surface area (Å²) in [5.74, 6) is 1.48. The first kappa shape index (κ1) is 10.8. The summed E-state index contributed by atoms with van der Waals surface area (Å²) in [5, 5.41) is 0. The van der Waals surface area contributed by atoms with Crippen LogP contribution in [0.25, 0.3) is 6.08 Å². The highest BCUT2D eigenvalue weighted by atomic mass is 16.6. The van der Waals surface area contributed by atoms with E-state index in [2.05, 4.69) is 36.4 Å². The Hall–Kier alpha value is -1.12. The zero-order valence-electron chi connectivity index (χ0n) is 10.4. The summed E-state index contributed by atoms with van der Waals surface area (Å²) in [6, 6.07) is 10.4. The molecule has 1 aromatic rings. The first-order valence-corrected chi connectivity index (χ1v) is 6.90. The highest BCUT2D eigenvalue weighted by Crippen LogP contribution is 2.57. The van der Waals surface area contributed by atoms with E-state index in [-0.39, 0.29) is 0 Å². The molecule has 0 N–H and O–H groups in total. The van der Waals surface area contributed by atoms with Crippen molar-refractivity contribution in [1.29, 1.82) is 0 Å². The van der Waals surface area contributed by atoms with Gasteiger partial charge in [-0.2, -0.15) is 0 Å². The predicted octanol–water partition coefficient (Wildman–Crippen LogP) is 2.89. The van der Waals surface area contributed by atoms with Crippen molar-refractivity contribution in [2.45, 2.75) is 31.2 Å². The minimum atomic E-state index is 0.444. The van der Waals surface area contributed by atoms with E-state index >= 15 is 0 Å². The zero-order valence-corrected chi connectivity index (χ0v) is 10.4. The molecule has 3 fully saturated rings. The van der Waals surface area contributed by atoms with Gasteiger partial charge in [0.15, 0.2) is 0 Å². The van der Waals surface area contributed by atoms with E-state index in [9.17, 15) is 0 Å². The fourth-order valence-electron chi connectivity index (χ4n) is 3.66. The van der Waals surface area contributed by atoms with Gasteiger partial charge in [-0.15, -0.1) is 0 Å². The van der Waals surface area contributed by atoms with Crippen molar-refractivity contribution in [2.75, 3.05) is 6.61 Å². The van der Waals surface area contributed by atoms with Crippen LogP contribution in [0.1, 0.15) is 18.4 Å². The summed E-state index contributed by atoms with van der Waals surface area (Å²) < 4.78 is 11.6. The van der Waals surface area contributed by atoms with E-state index in [0.717, 1.165) is 12.5 Å². The summed E-state index contributed by atoms with van der Waals surface area (Å²) in [7, 11) is 0. The number of benzene rings is 1. The van der Waals surface area contributed by atoms with Crippen LogP contribution in [0.2, 0.25) is 0 Å². The van der Waals surface area contributed by atoms with Crippen molar-refractivity contribution in [3.63, 3.8) is 0 Å². The SMILES string of the molecule is C(=Cc1ccccc1)COC1CC2CC1C1OC21. The lowest BCUT2D eigenvalue weighted by Crippen LogP contribution is -2.25. The Bertz CT molecular complexity index is 453. The number of fused-ring (bicyclic) bond motifs is 5. The third-order valence-electron chi connectivity index (χ3n) is 4.55. The summed E-state index contributed by atoms with van der Waals surface area (Å²) in [5.41, 5.74) is 1.24. The lowest BCUT2D eigenvalue weighted by atomic mass is 9.98. The second-order valence-corrected chi connectivity index (χ2v) is 5.65. The van der Waals surface area contributed by atoms with Crippen molar-refractivity contribution in [3.8, 4) is 0 Å². The van der Waals surface area contributed by atoms with Crippen LogP contribution < -0.4 is 0 Å². The summed E-state index contributed by atoms with van der Waals surface area (Å²) in [4.78, 5) is 0. The lowest BCUT2D eigenvalue weighted by molar-refractivity contribution is 0.0353. The monoisotopic (exact) mass is 242 g/mol. The Morgan fingerprint density at radius 1 is 1.17 bits per heavy atom. The van der Waals surface area contributed by atoms with Gasteiger partial charge in [0.25, 0.3) is 0 Å². The molecule has 1 saturated heterocycles. The van der Waals surface area contributed by atoms with Gasteiger partial charge in [-0.1, -0.05) is 42.5 Å². The van der Waals surface area contributed by atoms with Gasteiger partial charge >= 0.3 is 0 Å². The Morgan fingerprint density at radius 2 is 2.06 bits per heavy atom. The number of hydrogen-bond donors (Lipinski definition) is 0. The number of ether oxygens (including phenoxy) is 2. The second kappa shape index (κ2) is 4.22. The third-order valence-corrected chi connectivity index (χ3v) is 4.55. The molecule has 18 heavy (non-hydrogen) atoms. The molecular weight excluding hydrogens is 224 g/mol. The molecule has 0 spiro atoms. The molecule has 0 radical (unpaired) electrons. The third kappa shape index (κ3) is 1.80. The normalized spacial score (nSPS) is 40.3. The first-order chi connectivity index (χ1) is 8.92. The standard InChI is InChI=1S/C16H18O2/c1-2-5-11(6-3-1)7-4-8-17-14-10-12-9-13(14)16-15(12)18-16/h1-7,12-16H,8-10H2. The fraction of sp³-hybridized carbons (Fsp3) is 0.500. The molecule has 1 heterocycles. The Balaban J connectivity index is 1.29. The topological polar surface area (TPSA) is 21.8 Å². The molecule has 0 amide bonds. The summed E-state index contributed by atoms with van der Waals surface area (Å²) in [6.45, 7) is 0.722. The maximum absolute atomic E-state index is 5.99. The first-order valence-electron chi connectivity index (χ1n) is 6.90. The van der Waals surface area contributed by atoms with Crippen LogP contribution in [0.15, 0.2) is 36.4 Å². The van der Waals surface area contributed by atoms with Crippen molar-refractivity contribution >= 4 is 6.08 Å². The zero-order chi connectivity index (χ0) is 11.9. The average Bonchev–Trinajstić information content (AvgIpc) is 3.03. The molecule has 1 aromatic carbocycles. The minimum absolute atomic E-state index is 0.444. The van der Waals surface area contributed by atoms with Gasteiger partial charge in [0.1, 0.15) is 0 Å². The van der Waals surface area contributed by atoms with Gasteiger partial charge < -0.3 is 9.47 Å². The molecule has 5 atom stereocenters. The van der Waals surface area contributed by atoms with E-state index in [1.807, 2.05) is 6.07 Å². The van der Waals surface area contributed by atoms with Crippen LogP contribution in [0.3, 0.4) is 0 Å². The number of hydrogen-bond acceptors (Lipinski definition) is 2. The van der Waals surface area contributed by atoms with Crippen molar-refractivity contribution in [3.05, 3.63) is 42.0 Å². The average molecular weight is 242 g/mol. The van der Waals surface area contributed by atoms with Crippen molar-refractivity contribution < 1.29 is 9.47 Å².